The highest BCUT2D eigenvalue weighted by Crippen LogP contribution is 2.09. The van der Waals surface area contributed by atoms with Gasteiger partial charge in [0.15, 0.2) is 0 Å². The van der Waals surface area contributed by atoms with Gasteiger partial charge >= 0.3 is 6.09 Å². The zero-order valence-corrected chi connectivity index (χ0v) is 10.9. The van der Waals surface area contributed by atoms with E-state index in [-0.39, 0.29) is 12.2 Å². The van der Waals surface area contributed by atoms with Crippen LogP contribution < -0.4 is 0 Å². The number of hydrogen-bond acceptors (Lipinski definition) is 2. The molecule has 0 N–H and O–H groups in total. The monoisotopic (exact) mass is 215 g/mol. The van der Waals surface area contributed by atoms with Crippen LogP contribution in [-0.4, -0.2) is 30.2 Å². The van der Waals surface area contributed by atoms with E-state index in [4.69, 9.17) is 4.74 Å². The molecule has 0 spiro atoms. The van der Waals surface area contributed by atoms with Crippen LogP contribution in [-0.2, 0) is 4.74 Å². The van der Waals surface area contributed by atoms with E-state index in [1.165, 1.54) is 0 Å². The van der Waals surface area contributed by atoms with Crippen molar-refractivity contribution < 1.29 is 9.53 Å². The second kappa shape index (κ2) is 6.70. The van der Waals surface area contributed by atoms with Gasteiger partial charge in [-0.1, -0.05) is 27.7 Å². The van der Waals surface area contributed by atoms with Crippen molar-refractivity contribution in [2.45, 2.75) is 47.6 Å². The molecule has 0 saturated carbocycles. The zero-order chi connectivity index (χ0) is 12.0. The van der Waals surface area contributed by atoms with E-state index >= 15 is 0 Å². The zero-order valence-electron chi connectivity index (χ0n) is 10.9. The smallest absolute Gasteiger partial charge is 0.410 e. The Bertz CT molecular complexity index is 190. The molecule has 3 nitrogen and oxygen atoms in total. The molecule has 0 aliphatic heterocycles. The highest BCUT2D eigenvalue weighted by atomic mass is 16.6. The lowest BCUT2D eigenvalue weighted by Crippen LogP contribution is -2.37. The van der Waals surface area contributed by atoms with Gasteiger partial charge in [0.05, 0.1) is 0 Å². The van der Waals surface area contributed by atoms with Crippen molar-refractivity contribution >= 4 is 6.09 Å². The molecule has 0 heterocycles. The predicted molar refractivity (Wildman–Crippen MR) is 62.9 cm³/mol. The van der Waals surface area contributed by atoms with Crippen molar-refractivity contribution in [1.29, 1.82) is 0 Å². The Morgan fingerprint density at radius 2 is 1.73 bits per heavy atom. The Labute approximate surface area is 93.8 Å². The molecular formula is C12H25NO2. The summed E-state index contributed by atoms with van der Waals surface area (Å²) < 4.78 is 5.35. The van der Waals surface area contributed by atoms with Crippen LogP contribution in [0.15, 0.2) is 0 Å². The first-order valence-corrected chi connectivity index (χ1v) is 5.84. The van der Waals surface area contributed by atoms with Crippen molar-refractivity contribution in [1.82, 2.24) is 4.90 Å². The number of nitrogens with zero attached hydrogens (tertiary/aromatic N) is 1. The van der Waals surface area contributed by atoms with Crippen molar-refractivity contribution in [3.8, 4) is 0 Å². The molecule has 0 radical (unpaired) electrons. The van der Waals surface area contributed by atoms with E-state index in [9.17, 15) is 4.79 Å². The van der Waals surface area contributed by atoms with Crippen LogP contribution >= 0.6 is 0 Å². The van der Waals surface area contributed by atoms with Crippen LogP contribution in [0.1, 0.15) is 41.5 Å². The molecule has 3 heteroatoms. The van der Waals surface area contributed by atoms with Gasteiger partial charge in [0.25, 0.3) is 0 Å². The lowest BCUT2D eigenvalue weighted by Gasteiger charge is -2.25. The van der Waals surface area contributed by atoms with Crippen LogP contribution in [0.25, 0.3) is 0 Å². The fraction of sp³-hybridized carbons (Fsp3) is 0.917. The normalized spacial score (nSPS) is 13.1. The van der Waals surface area contributed by atoms with Gasteiger partial charge in [-0.3, -0.25) is 0 Å². The first-order valence-electron chi connectivity index (χ1n) is 5.84. The van der Waals surface area contributed by atoms with Crippen molar-refractivity contribution in [2.75, 3.05) is 13.1 Å². The van der Waals surface area contributed by atoms with Crippen LogP contribution in [0.5, 0.6) is 0 Å². The third kappa shape index (κ3) is 5.65. The van der Waals surface area contributed by atoms with E-state index in [1.807, 2.05) is 13.8 Å². The number of carbonyl (C=O) groups excluding carboxylic acids is 1. The van der Waals surface area contributed by atoms with Crippen LogP contribution in [0.2, 0.25) is 0 Å². The minimum Gasteiger partial charge on any atom is -0.446 e. The third-order valence-electron chi connectivity index (χ3n) is 2.45. The Kier molecular flexibility index (Phi) is 6.37. The molecule has 0 aromatic carbocycles. The van der Waals surface area contributed by atoms with E-state index in [2.05, 4.69) is 27.7 Å². The summed E-state index contributed by atoms with van der Waals surface area (Å²) in [5, 5.41) is 0. The highest BCUT2D eigenvalue weighted by molar-refractivity contribution is 5.67. The molecule has 1 atom stereocenters. The van der Waals surface area contributed by atoms with E-state index < -0.39 is 0 Å². The Morgan fingerprint density at radius 3 is 2.07 bits per heavy atom. The molecule has 0 aliphatic rings. The Hall–Kier alpha value is -0.730. The maximum Gasteiger partial charge on any atom is 0.410 e. The van der Waals surface area contributed by atoms with Crippen LogP contribution in [0.4, 0.5) is 4.79 Å². The van der Waals surface area contributed by atoms with Crippen LogP contribution in [0.3, 0.4) is 0 Å². The lowest BCUT2D eigenvalue weighted by molar-refractivity contribution is 0.0494. The van der Waals surface area contributed by atoms with Gasteiger partial charge in [-0.2, -0.15) is 0 Å². The third-order valence-corrected chi connectivity index (χ3v) is 2.45. The fourth-order valence-corrected chi connectivity index (χ4v) is 1.14. The number of rotatable bonds is 5. The molecular weight excluding hydrogens is 190 g/mol. The fourth-order valence-electron chi connectivity index (χ4n) is 1.14. The molecule has 0 fully saturated rings. The number of amides is 1. The molecule has 0 aromatic heterocycles. The standard InChI is InChI=1S/C12H25NO2/c1-7-13(8-9(2)3)12(14)15-11(6)10(4)5/h9-11H,7-8H2,1-6H3. The first kappa shape index (κ1) is 14.3. The molecule has 15 heavy (non-hydrogen) atoms. The van der Waals surface area contributed by atoms with Gasteiger partial charge in [-0.05, 0) is 25.7 Å². The maximum absolute atomic E-state index is 11.7. The summed E-state index contributed by atoms with van der Waals surface area (Å²) in [5.74, 6) is 0.846. The van der Waals surface area contributed by atoms with E-state index in [1.54, 1.807) is 4.90 Å². The largest absolute Gasteiger partial charge is 0.446 e. The summed E-state index contributed by atoms with van der Waals surface area (Å²) in [6.07, 6.45) is -0.203. The molecule has 0 aliphatic carbocycles. The minimum atomic E-state index is -0.188. The summed E-state index contributed by atoms with van der Waals surface area (Å²) in [5.41, 5.74) is 0. The second-order valence-electron chi connectivity index (χ2n) is 4.77. The SMILES string of the molecule is CCN(CC(C)C)C(=O)OC(C)C(C)C. The summed E-state index contributed by atoms with van der Waals surface area (Å²) in [6.45, 7) is 13.7. The molecule has 0 rings (SSSR count). The Balaban J connectivity index is 4.15. The van der Waals surface area contributed by atoms with Gasteiger partial charge in [0.1, 0.15) is 6.10 Å². The molecule has 1 amide bonds. The molecule has 90 valence electrons. The van der Waals surface area contributed by atoms with Gasteiger partial charge in [-0.25, -0.2) is 4.79 Å². The van der Waals surface area contributed by atoms with Crippen molar-refractivity contribution in [3.63, 3.8) is 0 Å². The Morgan fingerprint density at radius 1 is 1.20 bits per heavy atom. The van der Waals surface area contributed by atoms with Gasteiger partial charge in [-0.15, -0.1) is 0 Å². The molecule has 0 aromatic rings. The number of hydrogen-bond donors (Lipinski definition) is 0. The average molecular weight is 215 g/mol. The van der Waals surface area contributed by atoms with Gasteiger partial charge in [0, 0.05) is 13.1 Å². The van der Waals surface area contributed by atoms with Gasteiger partial charge < -0.3 is 9.64 Å². The predicted octanol–water partition coefficient (Wildman–Crippen LogP) is 3.15. The number of ether oxygens (including phenoxy) is 1. The van der Waals surface area contributed by atoms with Crippen molar-refractivity contribution in [3.05, 3.63) is 0 Å². The second-order valence-corrected chi connectivity index (χ2v) is 4.77. The summed E-state index contributed by atoms with van der Waals surface area (Å²) in [6, 6.07) is 0. The molecule has 1 unspecified atom stereocenters. The van der Waals surface area contributed by atoms with Crippen molar-refractivity contribution in [2.24, 2.45) is 11.8 Å². The molecule has 0 bridgehead atoms. The number of carbonyl (C=O) groups is 1. The maximum atomic E-state index is 11.7. The topological polar surface area (TPSA) is 29.5 Å². The summed E-state index contributed by atoms with van der Waals surface area (Å²) >= 11 is 0. The summed E-state index contributed by atoms with van der Waals surface area (Å²) in [4.78, 5) is 13.5. The van der Waals surface area contributed by atoms with Crippen LogP contribution in [0, 0.1) is 11.8 Å². The lowest BCUT2D eigenvalue weighted by atomic mass is 10.1. The minimum absolute atomic E-state index is 0.0151. The average Bonchev–Trinajstić information content (AvgIpc) is 2.13. The van der Waals surface area contributed by atoms with E-state index in [0.717, 1.165) is 6.54 Å². The van der Waals surface area contributed by atoms with E-state index in [0.29, 0.717) is 18.4 Å². The summed E-state index contributed by atoms with van der Waals surface area (Å²) in [7, 11) is 0. The quantitative estimate of drug-likeness (QED) is 0.705. The van der Waals surface area contributed by atoms with Gasteiger partial charge in [0.2, 0.25) is 0 Å². The highest BCUT2D eigenvalue weighted by Gasteiger charge is 2.18. The first-order chi connectivity index (χ1) is 6.88. The molecule has 0 saturated heterocycles.